The maximum Gasteiger partial charge on any atom is 0.170 e. The van der Waals surface area contributed by atoms with Crippen molar-refractivity contribution in [2.24, 2.45) is 10.9 Å². The second-order valence-corrected chi connectivity index (χ2v) is 2.89. The van der Waals surface area contributed by atoms with Gasteiger partial charge in [0.1, 0.15) is 0 Å². The van der Waals surface area contributed by atoms with Crippen LogP contribution in [0.2, 0.25) is 0 Å². The molecule has 0 bridgehead atoms. The zero-order chi connectivity index (χ0) is 9.97. The molecule has 0 radical (unpaired) electrons. The molecule has 0 spiro atoms. The zero-order valence-electron chi connectivity index (χ0n) is 7.38. The second kappa shape index (κ2) is 3.33. The van der Waals surface area contributed by atoms with E-state index in [1.165, 1.54) is 0 Å². The second-order valence-electron chi connectivity index (χ2n) is 2.89. The molecule has 70 valence electrons. The molecule has 0 saturated heterocycles. The summed E-state index contributed by atoms with van der Waals surface area (Å²) in [5, 5.41) is 13.5. The van der Waals surface area contributed by atoms with Crippen molar-refractivity contribution in [3.05, 3.63) is 42.2 Å². The van der Waals surface area contributed by atoms with E-state index in [-0.39, 0.29) is 5.84 Å². The number of hydrogen-bond donors (Lipinski definition) is 2. The van der Waals surface area contributed by atoms with Crippen molar-refractivity contribution in [2.45, 2.75) is 0 Å². The van der Waals surface area contributed by atoms with Crippen LogP contribution >= 0.6 is 0 Å². The number of nitrogens with zero attached hydrogens (tertiary/aromatic N) is 2. The minimum atomic E-state index is 0.101. The molecule has 0 aliphatic carbocycles. The Morgan fingerprint density at radius 2 is 2.21 bits per heavy atom. The fourth-order valence-corrected chi connectivity index (χ4v) is 1.39. The van der Waals surface area contributed by atoms with E-state index in [0.29, 0.717) is 5.56 Å². The summed E-state index contributed by atoms with van der Waals surface area (Å²) in [7, 11) is 0. The standard InChI is InChI=1S/C10H9N3O/c11-10(13-14)8-3-1-2-7-4-5-12-6-9(7)8/h1-6,14H,(H2,11,13). The van der Waals surface area contributed by atoms with E-state index in [1.54, 1.807) is 18.5 Å². The van der Waals surface area contributed by atoms with Crippen LogP contribution in [0.4, 0.5) is 0 Å². The van der Waals surface area contributed by atoms with Gasteiger partial charge in [-0.25, -0.2) is 0 Å². The number of hydrogen-bond acceptors (Lipinski definition) is 3. The van der Waals surface area contributed by atoms with Gasteiger partial charge in [0.05, 0.1) is 0 Å². The highest BCUT2D eigenvalue weighted by molar-refractivity contribution is 6.08. The van der Waals surface area contributed by atoms with Crippen molar-refractivity contribution >= 4 is 16.6 Å². The predicted octanol–water partition coefficient (Wildman–Crippen LogP) is 1.33. The van der Waals surface area contributed by atoms with E-state index in [2.05, 4.69) is 10.1 Å². The number of oxime groups is 1. The summed E-state index contributed by atoms with van der Waals surface area (Å²) in [5.74, 6) is 0.101. The molecular formula is C10H9N3O. The fourth-order valence-electron chi connectivity index (χ4n) is 1.39. The molecule has 0 saturated carbocycles. The highest BCUT2D eigenvalue weighted by atomic mass is 16.4. The molecule has 3 N–H and O–H groups in total. The number of benzene rings is 1. The lowest BCUT2D eigenvalue weighted by Crippen LogP contribution is -2.13. The number of nitrogens with two attached hydrogens (primary N) is 1. The van der Waals surface area contributed by atoms with Crippen molar-refractivity contribution in [3.63, 3.8) is 0 Å². The third-order valence-electron chi connectivity index (χ3n) is 2.07. The molecule has 1 aromatic heterocycles. The van der Waals surface area contributed by atoms with E-state index in [0.717, 1.165) is 10.8 Å². The van der Waals surface area contributed by atoms with Crippen molar-refractivity contribution in [2.75, 3.05) is 0 Å². The lowest BCUT2D eigenvalue weighted by atomic mass is 10.1. The van der Waals surface area contributed by atoms with Crippen LogP contribution in [0.3, 0.4) is 0 Å². The normalized spacial score (nSPS) is 11.9. The lowest BCUT2D eigenvalue weighted by Gasteiger charge is -2.03. The zero-order valence-corrected chi connectivity index (χ0v) is 7.38. The molecule has 0 aliphatic heterocycles. The Hall–Kier alpha value is -2.10. The van der Waals surface area contributed by atoms with Crippen LogP contribution in [-0.2, 0) is 0 Å². The third-order valence-corrected chi connectivity index (χ3v) is 2.07. The average molecular weight is 187 g/mol. The first-order chi connectivity index (χ1) is 6.83. The largest absolute Gasteiger partial charge is 0.409 e. The number of pyridine rings is 1. The molecule has 1 aromatic carbocycles. The molecular weight excluding hydrogens is 178 g/mol. The van der Waals surface area contributed by atoms with Gasteiger partial charge in [0.2, 0.25) is 0 Å². The van der Waals surface area contributed by atoms with Gasteiger partial charge in [0.15, 0.2) is 5.84 Å². The minimum absolute atomic E-state index is 0.101. The highest BCUT2D eigenvalue weighted by Gasteiger charge is 2.03. The van der Waals surface area contributed by atoms with Crippen LogP contribution in [0, 0.1) is 0 Å². The highest BCUT2D eigenvalue weighted by Crippen LogP contribution is 2.16. The molecule has 0 atom stereocenters. The summed E-state index contributed by atoms with van der Waals surface area (Å²) in [4.78, 5) is 4.00. The summed E-state index contributed by atoms with van der Waals surface area (Å²) in [6, 6.07) is 7.48. The van der Waals surface area contributed by atoms with Gasteiger partial charge in [-0.2, -0.15) is 0 Å². The third kappa shape index (κ3) is 1.26. The van der Waals surface area contributed by atoms with Gasteiger partial charge in [0.25, 0.3) is 0 Å². The molecule has 0 fully saturated rings. The van der Waals surface area contributed by atoms with Crippen LogP contribution in [0.25, 0.3) is 10.8 Å². The number of fused-ring (bicyclic) bond motifs is 1. The van der Waals surface area contributed by atoms with Crippen LogP contribution in [-0.4, -0.2) is 16.0 Å². The maximum atomic E-state index is 8.59. The van der Waals surface area contributed by atoms with Crippen molar-refractivity contribution in [3.8, 4) is 0 Å². The van der Waals surface area contributed by atoms with Gasteiger partial charge >= 0.3 is 0 Å². The van der Waals surface area contributed by atoms with E-state index >= 15 is 0 Å². The molecule has 0 aliphatic rings. The van der Waals surface area contributed by atoms with Gasteiger partial charge in [0, 0.05) is 23.3 Å². The molecule has 2 aromatic rings. The summed E-state index contributed by atoms with van der Waals surface area (Å²) in [5.41, 5.74) is 6.23. The van der Waals surface area contributed by atoms with Crippen LogP contribution in [0.5, 0.6) is 0 Å². The van der Waals surface area contributed by atoms with E-state index in [4.69, 9.17) is 10.9 Å². The van der Waals surface area contributed by atoms with Gasteiger partial charge in [-0.3, -0.25) is 4.98 Å². The first kappa shape index (κ1) is 8.50. The Bertz CT molecular complexity index is 488. The quantitative estimate of drug-likeness (QED) is 0.306. The lowest BCUT2D eigenvalue weighted by molar-refractivity contribution is 0.318. The Morgan fingerprint density at radius 1 is 1.36 bits per heavy atom. The first-order valence-electron chi connectivity index (χ1n) is 4.13. The number of amidine groups is 1. The molecule has 0 unspecified atom stereocenters. The summed E-state index contributed by atoms with van der Waals surface area (Å²) >= 11 is 0. The SMILES string of the molecule is NC(=NO)c1cccc2ccncc12. The van der Waals surface area contributed by atoms with Crippen molar-refractivity contribution < 1.29 is 5.21 Å². The Labute approximate surface area is 80.7 Å². The summed E-state index contributed by atoms with van der Waals surface area (Å²) in [6.07, 6.45) is 3.40. The predicted molar refractivity (Wildman–Crippen MR) is 54.3 cm³/mol. The fraction of sp³-hybridized carbons (Fsp3) is 0. The van der Waals surface area contributed by atoms with E-state index < -0.39 is 0 Å². The molecule has 4 nitrogen and oxygen atoms in total. The summed E-state index contributed by atoms with van der Waals surface area (Å²) in [6.45, 7) is 0. The molecule has 4 heteroatoms. The molecule has 1 heterocycles. The molecule has 2 rings (SSSR count). The van der Waals surface area contributed by atoms with Crippen LogP contribution in [0.1, 0.15) is 5.56 Å². The van der Waals surface area contributed by atoms with Gasteiger partial charge in [-0.05, 0) is 11.5 Å². The van der Waals surface area contributed by atoms with Crippen LogP contribution in [0.15, 0.2) is 41.8 Å². The van der Waals surface area contributed by atoms with Crippen molar-refractivity contribution in [1.82, 2.24) is 4.98 Å². The smallest absolute Gasteiger partial charge is 0.170 e. The molecule has 14 heavy (non-hydrogen) atoms. The maximum absolute atomic E-state index is 8.59. The summed E-state index contributed by atoms with van der Waals surface area (Å²) < 4.78 is 0. The number of rotatable bonds is 1. The van der Waals surface area contributed by atoms with E-state index in [1.807, 2.05) is 18.2 Å². The Morgan fingerprint density at radius 3 is 3.00 bits per heavy atom. The van der Waals surface area contributed by atoms with Gasteiger partial charge in [-0.1, -0.05) is 23.4 Å². The number of aromatic nitrogens is 1. The Kier molecular flexibility index (Phi) is 2.02. The van der Waals surface area contributed by atoms with Gasteiger partial charge in [-0.15, -0.1) is 0 Å². The monoisotopic (exact) mass is 187 g/mol. The average Bonchev–Trinajstić information content (AvgIpc) is 2.27. The van der Waals surface area contributed by atoms with Crippen molar-refractivity contribution in [1.29, 1.82) is 0 Å². The van der Waals surface area contributed by atoms with Crippen LogP contribution < -0.4 is 5.73 Å². The topological polar surface area (TPSA) is 71.5 Å². The van der Waals surface area contributed by atoms with Gasteiger partial charge < -0.3 is 10.9 Å². The minimum Gasteiger partial charge on any atom is -0.409 e. The Balaban J connectivity index is 2.77. The van der Waals surface area contributed by atoms with E-state index in [9.17, 15) is 0 Å². The first-order valence-corrected chi connectivity index (χ1v) is 4.13. The molecule has 0 amide bonds.